The number of carbonyl (C=O) groups excluding carboxylic acids is 1. The van der Waals surface area contributed by atoms with E-state index in [0.29, 0.717) is 17.9 Å². The molecule has 0 aliphatic heterocycles. The molecular formula is C16H16N2O4. The van der Waals surface area contributed by atoms with E-state index in [0.717, 1.165) is 5.56 Å². The molecule has 114 valence electrons. The molecule has 0 N–H and O–H groups in total. The van der Waals surface area contributed by atoms with Crippen LogP contribution in [-0.2, 0) is 11.2 Å². The number of nitrogens with zero attached hydrogens (tertiary/aromatic N) is 2. The molecular weight excluding hydrogens is 284 g/mol. The highest BCUT2D eigenvalue weighted by Crippen LogP contribution is 2.24. The van der Waals surface area contributed by atoms with Gasteiger partial charge in [0.05, 0.1) is 11.3 Å². The van der Waals surface area contributed by atoms with Crippen LogP contribution < -0.4 is 4.74 Å². The molecule has 0 spiro atoms. The van der Waals surface area contributed by atoms with Gasteiger partial charge in [0, 0.05) is 26.2 Å². The fourth-order valence-corrected chi connectivity index (χ4v) is 1.78. The van der Waals surface area contributed by atoms with Crippen molar-refractivity contribution in [3.63, 3.8) is 0 Å². The van der Waals surface area contributed by atoms with E-state index in [1.807, 2.05) is 12.1 Å². The molecule has 2 aromatic rings. The van der Waals surface area contributed by atoms with Gasteiger partial charge in [-0.3, -0.25) is 14.9 Å². The number of hydrogen-bond acceptors (Lipinski definition) is 4. The molecule has 0 fully saturated rings. The average molecular weight is 300 g/mol. The van der Waals surface area contributed by atoms with Gasteiger partial charge in [0.2, 0.25) is 5.91 Å². The van der Waals surface area contributed by atoms with Crippen molar-refractivity contribution >= 4 is 11.6 Å². The molecule has 0 saturated heterocycles. The number of likely N-dealkylation sites (N-methyl/N-ethyl adjacent to an activating group) is 1. The zero-order valence-electron chi connectivity index (χ0n) is 12.4. The maximum Gasteiger partial charge on any atom is 0.269 e. The Labute approximate surface area is 128 Å². The van der Waals surface area contributed by atoms with Crippen molar-refractivity contribution in [2.24, 2.45) is 0 Å². The minimum absolute atomic E-state index is 0.0184. The van der Waals surface area contributed by atoms with E-state index in [1.165, 1.54) is 12.1 Å². The topological polar surface area (TPSA) is 72.7 Å². The highest BCUT2D eigenvalue weighted by Gasteiger charge is 2.07. The Hall–Kier alpha value is -2.89. The van der Waals surface area contributed by atoms with Crippen LogP contribution in [0.15, 0.2) is 48.5 Å². The number of ether oxygens (including phenoxy) is 1. The first-order chi connectivity index (χ1) is 10.5. The second-order valence-electron chi connectivity index (χ2n) is 4.96. The second-order valence-corrected chi connectivity index (χ2v) is 4.96. The third-order valence-electron chi connectivity index (χ3n) is 3.06. The van der Waals surface area contributed by atoms with Crippen molar-refractivity contribution in [2.75, 3.05) is 14.1 Å². The quantitative estimate of drug-likeness (QED) is 0.628. The standard InChI is InChI=1S/C16H16N2O4/c1-17(2)16(19)11-12-3-7-14(8-4-12)22-15-9-5-13(6-10-15)18(20)21/h3-10H,11H2,1-2H3. The predicted octanol–water partition coefficient (Wildman–Crippen LogP) is 3.02. The van der Waals surface area contributed by atoms with Crippen LogP contribution in [-0.4, -0.2) is 29.8 Å². The van der Waals surface area contributed by atoms with Crippen LogP contribution in [0.5, 0.6) is 11.5 Å². The third kappa shape index (κ3) is 4.05. The van der Waals surface area contributed by atoms with Gasteiger partial charge in [0.15, 0.2) is 0 Å². The van der Waals surface area contributed by atoms with Gasteiger partial charge < -0.3 is 9.64 Å². The summed E-state index contributed by atoms with van der Waals surface area (Å²) < 4.78 is 5.60. The lowest BCUT2D eigenvalue weighted by molar-refractivity contribution is -0.384. The Kier molecular flexibility index (Phi) is 4.73. The van der Waals surface area contributed by atoms with Crippen LogP contribution in [0.1, 0.15) is 5.56 Å². The normalized spacial score (nSPS) is 10.1. The molecule has 2 aromatic carbocycles. The number of nitro groups is 1. The molecule has 2 rings (SSSR count). The zero-order chi connectivity index (χ0) is 16.1. The Morgan fingerprint density at radius 1 is 1.05 bits per heavy atom. The monoisotopic (exact) mass is 300 g/mol. The van der Waals surface area contributed by atoms with Crippen molar-refractivity contribution in [3.05, 3.63) is 64.2 Å². The summed E-state index contributed by atoms with van der Waals surface area (Å²) in [5, 5.41) is 10.6. The summed E-state index contributed by atoms with van der Waals surface area (Å²) in [5.41, 5.74) is 0.916. The minimum atomic E-state index is -0.458. The predicted molar refractivity (Wildman–Crippen MR) is 82.0 cm³/mol. The van der Waals surface area contributed by atoms with E-state index in [4.69, 9.17) is 4.74 Å². The van der Waals surface area contributed by atoms with E-state index in [-0.39, 0.29) is 11.6 Å². The summed E-state index contributed by atoms with van der Waals surface area (Å²) in [6.45, 7) is 0. The summed E-state index contributed by atoms with van der Waals surface area (Å²) in [5.74, 6) is 1.15. The van der Waals surface area contributed by atoms with Gasteiger partial charge >= 0.3 is 0 Å². The largest absolute Gasteiger partial charge is 0.457 e. The Morgan fingerprint density at radius 2 is 1.55 bits per heavy atom. The van der Waals surface area contributed by atoms with Crippen molar-refractivity contribution in [1.82, 2.24) is 4.90 Å². The summed E-state index contributed by atoms with van der Waals surface area (Å²) in [6.07, 6.45) is 0.338. The lowest BCUT2D eigenvalue weighted by Crippen LogP contribution is -2.23. The smallest absolute Gasteiger partial charge is 0.269 e. The van der Waals surface area contributed by atoms with Gasteiger partial charge in [0.25, 0.3) is 5.69 Å². The van der Waals surface area contributed by atoms with E-state index in [1.54, 1.807) is 43.3 Å². The molecule has 0 radical (unpaired) electrons. The van der Waals surface area contributed by atoms with E-state index >= 15 is 0 Å². The van der Waals surface area contributed by atoms with Crippen LogP contribution >= 0.6 is 0 Å². The van der Waals surface area contributed by atoms with E-state index in [2.05, 4.69) is 0 Å². The first kappa shape index (κ1) is 15.5. The summed E-state index contributed by atoms with van der Waals surface area (Å²) >= 11 is 0. The lowest BCUT2D eigenvalue weighted by atomic mass is 10.1. The van der Waals surface area contributed by atoms with Gasteiger partial charge in [-0.1, -0.05) is 12.1 Å². The molecule has 6 heteroatoms. The Morgan fingerprint density at radius 3 is 2.00 bits per heavy atom. The van der Waals surface area contributed by atoms with Gasteiger partial charge in [-0.2, -0.15) is 0 Å². The second kappa shape index (κ2) is 6.71. The maximum absolute atomic E-state index is 11.6. The number of nitro benzene ring substituents is 1. The molecule has 0 unspecified atom stereocenters. The number of benzene rings is 2. The molecule has 0 saturated carbocycles. The van der Waals surface area contributed by atoms with Crippen molar-refractivity contribution in [1.29, 1.82) is 0 Å². The van der Waals surface area contributed by atoms with Crippen LogP contribution in [0, 0.1) is 10.1 Å². The number of non-ortho nitro benzene ring substituents is 1. The van der Waals surface area contributed by atoms with Crippen molar-refractivity contribution in [2.45, 2.75) is 6.42 Å². The van der Waals surface area contributed by atoms with Gasteiger partial charge in [-0.25, -0.2) is 0 Å². The lowest BCUT2D eigenvalue weighted by Gasteiger charge is -2.10. The van der Waals surface area contributed by atoms with E-state index in [9.17, 15) is 14.9 Å². The number of amides is 1. The molecule has 0 aliphatic carbocycles. The highest BCUT2D eigenvalue weighted by molar-refractivity contribution is 5.78. The maximum atomic E-state index is 11.6. The Bertz CT molecular complexity index is 664. The van der Waals surface area contributed by atoms with E-state index < -0.39 is 4.92 Å². The van der Waals surface area contributed by atoms with Crippen LogP contribution in [0.4, 0.5) is 5.69 Å². The first-order valence-corrected chi connectivity index (χ1v) is 6.67. The van der Waals surface area contributed by atoms with Crippen LogP contribution in [0.25, 0.3) is 0 Å². The summed E-state index contributed by atoms with van der Waals surface area (Å²) in [4.78, 5) is 23.3. The molecule has 0 bridgehead atoms. The summed E-state index contributed by atoms with van der Waals surface area (Å²) in [7, 11) is 3.43. The average Bonchev–Trinajstić information content (AvgIpc) is 2.49. The molecule has 1 amide bonds. The van der Waals surface area contributed by atoms with Crippen LogP contribution in [0.3, 0.4) is 0 Å². The molecule has 6 nitrogen and oxygen atoms in total. The fraction of sp³-hybridized carbons (Fsp3) is 0.188. The highest BCUT2D eigenvalue weighted by atomic mass is 16.6. The summed E-state index contributed by atoms with van der Waals surface area (Å²) in [6, 6.07) is 13.0. The minimum Gasteiger partial charge on any atom is -0.457 e. The van der Waals surface area contributed by atoms with Gasteiger partial charge in [0.1, 0.15) is 11.5 Å². The SMILES string of the molecule is CN(C)C(=O)Cc1ccc(Oc2ccc([N+](=O)[O-])cc2)cc1. The fourth-order valence-electron chi connectivity index (χ4n) is 1.78. The van der Waals surface area contributed by atoms with Crippen molar-refractivity contribution in [3.8, 4) is 11.5 Å². The first-order valence-electron chi connectivity index (χ1n) is 6.67. The number of rotatable bonds is 5. The zero-order valence-corrected chi connectivity index (χ0v) is 12.4. The van der Waals surface area contributed by atoms with Gasteiger partial charge in [-0.15, -0.1) is 0 Å². The van der Waals surface area contributed by atoms with Gasteiger partial charge in [-0.05, 0) is 29.8 Å². The number of hydrogen-bond donors (Lipinski definition) is 0. The molecule has 22 heavy (non-hydrogen) atoms. The molecule has 0 heterocycles. The van der Waals surface area contributed by atoms with Crippen LogP contribution in [0.2, 0.25) is 0 Å². The molecule has 0 aromatic heterocycles. The third-order valence-corrected chi connectivity index (χ3v) is 3.06. The van der Waals surface area contributed by atoms with Crippen molar-refractivity contribution < 1.29 is 14.5 Å². The number of carbonyl (C=O) groups is 1. The Balaban J connectivity index is 2.01. The molecule has 0 atom stereocenters. The molecule has 0 aliphatic rings.